The number of hydrogen-bond acceptors (Lipinski definition) is 2. The minimum Gasteiger partial charge on any atom is -0.326 e. The fraction of sp³-hybridized carbons (Fsp3) is 0.125. The summed E-state index contributed by atoms with van der Waals surface area (Å²) in [7, 11) is 0. The summed E-state index contributed by atoms with van der Waals surface area (Å²) in [5.74, 6) is -0.476. The summed E-state index contributed by atoms with van der Waals surface area (Å²) in [4.78, 5) is 11.9. The molecule has 0 aliphatic rings. The van der Waals surface area contributed by atoms with Gasteiger partial charge in [-0.15, -0.1) is 0 Å². The molecule has 100 valence electrons. The number of anilines is 1. The zero-order chi connectivity index (χ0) is 14.5. The Hall–Kier alpha value is -2.67. The fourth-order valence-corrected chi connectivity index (χ4v) is 1.81. The van der Waals surface area contributed by atoms with Gasteiger partial charge in [-0.05, 0) is 48.4 Å². The smallest absolute Gasteiger partial charge is 0.228 e. The Morgan fingerprint density at radius 1 is 1.25 bits per heavy atom. The molecule has 0 bridgehead atoms. The molecule has 0 saturated carbocycles. The topological polar surface area (TPSA) is 52.9 Å². The summed E-state index contributed by atoms with van der Waals surface area (Å²) < 4.78 is 13.1. The third-order valence-corrected chi connectivity index (χ3v) is 2.89. The van der Waals surface area contributed by atoms with Gasteiger partial charge in [-0.25, -0.2) is 4.39 Å². The molecule has 0 aliphatic carbocycles. The van der Waals surface area contributed by atoms with Crippen LogP contribution < -0.4 is 5.32 Å². The molecule has 2 aromatic carbocycles. The van der Waals surface area contributed by atoms with E-state index in [1.54, 1.807) is 37.3 Å². The maximum Gasteiger partial charge on any atom is 0.228 e. The first-order valence-corrected chi connectivity index (χ1v) is 6.13. The van der Waals surface area contributed by atoms with Crippen LogP contribution in [0, 0.1) is 24.1 Å². The van der Waals surface area contributed by atoms with Crippen LogP contribution in [0.3, 0.4) is 0 Å². The molecule has 0 heterocycles. The number of nitriles is 1. The van der Waals surface area contributed by atoms with E-state index in [2.05, 4.69) is 5.32 Å². The number of amides is 1. The third kappa shape index (κ3) is 3.42. The molecule has 0 fully saturated rings. The van der Waals surface area contributed by atoms with Gasteiger partial charge in [0.05, 0.1) is 18.1 Å². The van der Waals surface area contributed by atoms with Gasteiger partial charge in [0.25, 0.3) is 0 Å². The number of nitrogens with zero attached hydrogens (tertiary/aromatic N) is 1. The molecule has 0 unspecified atom stereocenters. The van der Waals surface area contributed by atoms with Crippen molar-refractivity contribution in [3.63, 3.8) is 0 Å². The van der Waals surface area contributed by atoms with Gasteiger partial charge < -0.3 is 5.32 Å². The molecule has 0 atom stereocenters. The lowest BCUT2D eigenvalue weighted by Gasteiger charge is -2.06. The van der Waals surface area contributed by atoms with Crippen LogP contribution in [0.25, 0.3) is 0 Å². The third-order valence-electron chi connectivity index (χ3n) is 2.89. The van der Waals surface area contributed by atoms with Gasteiger partial charge in [0.2, 0.25) is 5.91 Å². The second kappa shape index (κ2) is 5.98. The molecule has 0 aromatic heterocycles. The number of halogens is 1. The van der Waals surface area contributed by atoms with Crippen molar-refractivity contribution in [1.29, 1.82) is 5.26 Å². The molecular weight excluding hydrogens is 255 g/mol. The quantitative estimate of drug-likeness (QED) is 0.929. The summed E-state index contributed by atoms with van der Waals surface area (Å²) in [6.07, 6.45) is 0.210. The Labute approximate surface area is 116 Å². The van der Waals surface area contributed by atoms with E-state index >= 15 is 0 Å². The van der Waals surface area contributed by atoms with E-state index in [4.69, 9.17) is 5.26 Å². The van der Waals surface area contributed by atoms with Crippen LogP contribution in [0.1, 0.15) is 16.7 Å². The van der Waals surface area contributed by atoms with Crippen LogP contribution in [-0.4, -0.2) is 5.91 Å². The first-order valence-electron chi connectivity index (χ1n) is 6.13. The van der Waals surface area contributed by atoms with Crippen molar-refractivity contribution in [2.45, 2.75) is 13.3 Å². The van der Waals surface area contributed by atoms with E-state index in [0.29, 0.717) is 16.8 Å². The van der Waals surface area contributed by atoms with Gasteiger partial charge in [-0.3, -0.25) is 4.79 Å². The Bertz CT molecular complexity index is 672. The second-order valence-corrected chi connectivity index (χ2v) is 4.50. The van der Waals surface area contributed by atoms with Crippen LogP contribution in [-0.2, 0) is 11.2 Å². The molecule has 1 amide bonds. The van der Waals surface area contributed by atoms with Crippen molar-refractivity contribution in [2.75, 3.05) is 5.32 Å². The first kappa shape index (κ1) is 13.8. The molecule has 3 nitrogen and oxygen atoms in total. The Balaban J connectivity index is 2.01. The van der Waals surface area contributed by atoms with Gasteiger partial charge in [0, 0.05) is 5.69 Å². The lowest BCUT2D eigenvalue weighted by atomic mass is 10.1. The summed E-state index contributed by atoms with van der Waals surface area (Å²) in [6.45, 7) is 1.64. The van der Waals surface area contributed by atoms with Crippen molar-refractivity contribution in [2.24, 2.45) is 0 Å². The number of nitrogens with one attached hydrogen (secondary N) is 1. The highest BCUT2D eigenvalue weighted by Crippen LogP contribution is 2.14. The maximum atomic E-state index is 13.1. The van der Waals surface area contributed by atoms with Crippen LogP contribution in [0.5, 0.6) is 0 Å². The molecule has 2 aromatic rings. The number of carbonyl (C=O) groups excluding carboxylic acids is 1. The van der Waals surface area contributed by atoms with E-state index < -0.39 is 0 Å². The highest BCUT2D eigenvalue weighted by Gasteiger charge is 2.05. The minimum absolute atomic E-state index is 0.180. The van der Waals surface area contributed by atoms with Crippen LogP contribution in [0.15, 0.2) is 42.5 Å². The highest BCUT2D eigenvalue weighted by atomic mass is 19.1. The average Bonchev–Trinajstić information content (AvgIpc) is 2.44. The molecule has 0 aliphatic heterocycles. The second-order valence-electron chi connectivity index (χ2n) is 4.50. The van der Waals surface area contributed by atoms with Crippen LogP contribution >= 0.6 is 0 Å². The van der Waals surface area contributed by atoms with Crippen molar-refractivity contribution in [3.8, 4) is 6.07 Å². The van der Waals surface area contributed by atoms with Crippen LogP contribution in [0.2, 0.25) is 0 Å². The van der Waals surface area contributed by atoms with E-state index in [1.807, 2.05) is 6.07 Å². The standard InChI is InChI=1S/C16H13FN2O/c1-11-8-14(6-7-15(11)17)19-16(20)9-12-2-4-13(10-18)5-3-12/h2-8H,9H2,1H3,(H,19,20). The average molecular weight is 268 g/mol. The lowest BCUT2D eigenvalue weighted by molar-refractivity contribution is -0.115. The summed E-state index contributed by atoms with van der Waals surface area (Å²) in [5.41, 5.74) is 2.44. The maximum absolute atomic E-state index is 13.1. The Morgan fingerprint density at radius 3 is 2.55 bits per heavy atom. The number of aryl methyl sites for hydroxylation is 1. The van der Waals surface area contributed by atoms with Gasteiger partial charge >= 0.3 is 0 Å². The molecule has 20 heavy (non-hydrogen) atoms. The number of carbonyl (C=O) groups is 1. The van der Waals surface area contributed by atoms with Gasteiger partial charge in [-0.2, -0.15) is 5.26 Å². The van der Waals surface area contributed by atoms with Gasteiger partial charge in [-0.1, -0.05) is 12.1 Å². The number of rotatable bonds is 3. The Kier molecular flexibility index (Phi) is 4.11. The first-order chi connectivity index (χ1) is 9.58. The number of benzene rings is 2. The monoisotopic (exact) mass is 268 g/mol. The minimum atomic E-state index is -0.296. The van der Waals surface area contributed by atoms with E-state index in [0.717, 1.165) is 5.56 Å². The zero-order valence-corrected chi connectivity index (χ0v) is 11.0. The van der Waals surface area contributed by atoms with Crippen molar-refractivity contribution < 1.29 is 9.18 Å². The fourth-order valence-electron chi connectivity index (χ4n) is 1.81. The van der Waals surface area contributed by atoms with E-state index in [9.17, 15) is 9.18 Å². The summed E-state index contributed by atoms with van der Waals surface area (Å²) in [6, 6.07) is 13.3. The molecular formula is C16H13FN2O. The van der Waals surface area contributed by atoms with Crippen molar-refractivity contribution in [3.05, 3.63) is 65.0 Å². The summed E-state index contributed by atoms with van der Waals surface area (Å²) in [5, 5.41) is 11.4. The van der Waals surface area contributed by atoms with Crippen molar-refractivity contribution >= 4 is 11.6 Å². The Morgan fingerprint density at radius 2 is 1.95 bits per heavy atom. The zero-order valence-electron chi connectivity index (χ0n) is 11.0. The van der Waals surface area contributed by atoms with E-state index in [-0.39, 0.29) is 18.1 Å². The SMILES string of the molecule is Cc1cc(NC(=O)Cc2ccc(C#N)cc2)ccc1F. The molecule has 2 rings (SSSR count). The molecule has 4 heteroatoms. The summed E-state index contributed by atoms with van der Waals surface area (Å²) >= 11 is 0. The highest BCUT2D eigenvalue weighted by molar-refractivity contribution is 5.92. The van der Waals surface area contributed by atoms with Crippen LogP contribution in [0.4, 0.5) is 10.1 Å². The largest absolute Gasteiger partial charge is 0.326 e. The lowest BCUT2D eigenvalue weighted by Crippen LogP contribution is -2.14. The van der Waals surface area contributed by atoms with Gasteiger partial charge in [0.15, 0.2) is 0 Å². The predicted molar refractivity (Wildman–Crippen MR) is 74.6 cm³/mol. The predicted octanol–water partition coefficient (Wildman–Crippen LogP) is 3.19. The van der Waals surface area contributed by atoms with Gasteiger partial charge in [0.1, 0.15) is 5.82 Å². The van der Waals surface area contributed by atoms with E-state index in [1.165, 1.54) is 12.1 Å². The molecule has 0 saturated heterocycles. The van der Waals surface area contributed by atoms with Crippen molar-refractivity contribution in [1.82, 2.24) is 0 Å². The molecule has 0 spiro atoms. The normalized spacial score (nSPS) is 9.85. The molecule has 1 N–H and O–H groups in total. The number of hydrogen-bond donors (Lipinski definition) is 1. The molecule has 0 radical (unpaired) electrons.